The molecule has 0 bridgehead atoms. The molecule has 32 heavy (non-hydrogen) atoms. The van der Waals surface area contributed by atoms with Crippen LogP contribution in [0.1, 0.15) is 0 Å². The van der Waals surface area contributed by atoms with Gasteiger partial charge in [-0.2, -0.15) is 0 Å². The van der Waals surface area contributed by atoms with Crippen molar-refractivity contribution in [3.8, 4) is 22.9 Å². The predicted octanol–water partition coefficient (Wildman–Crippen LogP) is 7.61. The maximum absolute atomic E-state index is 6.01. The SMILES string of the molecule is c1ccc2oc(-c3ccc4ccc5ccc(-c6nc7ccccc7o6)cc5c4c3)nc2c1. The number of rotatable bonds is 2. The van der Waals surface area contributed by atoms with E-state index in [0.29, 0.717) is 11.8 Å². The first-order valence-corrected chi connectivity index (χ1v) is 10.5. The summed E-state index contributed by atoms with van der Waals surface area (Å²) in [6, 6.07) is 32.6. The van der Waals surface area contributed by atoms with Gasteiger partial charge < -0.3 is 8.83 Å². The first kappa shape index (κ1) is 17.3. The van der Waals surface area contributed by atoms with E-state index in [1.165, 1.54) is 0 Å². The second kappa shape index (κ2) is 6.53. The molecule has 7 aromatic rings. The third-order valence-corrected chi connectivity index (χ3v) is 5.92. The van der Waals surface area contributed by atoms with Crippen LogP contribution in [-0.2, 0) is 0 Å². The molecule has 0 N–H and O–H groups in total. The van der Waals surface area contributed by atoms with Crippen LogP contribution in [0.2, 0.25) is 0 Å². The zero-order chi connectivity index (χ0) is 21.1. The van der Waals surface area contributed by atoms with Gasteiger partial charge in [-0.25, -0.2) is 9.97 Å². The molecule has 0 spiro atoms. The number of benzene rings is 5. The van der Waals surface area contributed by atoms with Crippen molar-refractivity contribution >= 4 is 43.7 Å². The Bertz CT molecular complexity index is 1590. The lowest BCUT2D eigenvalue weighted by Crippen LogP contribution is -1.83. The number of aromatic nitrogens is 2. The highest BCUT2D eigenvalue weighted by atomic mass is 16.4. The van der Waals surface area contributed by atoms with Crippen LogP contribution in [0.4, 0.5) is 0 Å². The van der Waals surface area contributed by atoms with Gasteiger partial charge >= 0.3 is 0 Å². The summed E-state index contributed by atoms with van der Waals surface area (Å²) < 4.78 is 12.0. The zero-order valence-corrected chi connectivity index (χ0v) is 16.9. The molecule has 2 heterocycles. The maximum atomic E-state index is 6.01. The van der Waals surface area contributed by atoms with Crippen molar-refractivity contribution in [2.45, 2.75) is 0 Å². The van der Waals surface area contributed by atoms with Gasteiger partial charge in [0.1, 0.15) is 11.0 Å². The molecule has 7 rings (SSSR count). The molecule has 0 fully saturated rings. The Kier molecular flexibility index (Phi) is 3.52. The summed E-state index contributed by atoms with van der Waals surface area (Å²) in [5, 5.41) is 4.60. The Morgan fingerprint density at radius 2 is 0.906 bits per heavy atom. The number of para-hydroxylation sites is 4. The lowest BCUT2D eigenvalue weighted by Gasteiger charge is -2.07. The van der Waals surface area contributed by atoms with Crippen LogP contribution in [-0.4, -0.2) is 9.97 Å². The first-order chi connectivity index (χ1) is 15.8. The summed E-state index contributed by atoms with van der Waals surface area (Å²) in [6.45, 7) is 0. The van der Waals surface area contributed by atoms with E-state index in [9.17, 15) is 0 Å². The molecule has 5 aromatic carbocycles. The molecule has 0 amide bonds. The molecule has 4 nitrogen and oxygen atoms in total. The maximum Gasteiger partial charge on any atom is 0.227 e. The van der Waals surface area contributed by atoms with Crippen LogP contribution in [0.15, 0.2) is 106 Å². The van der Waals surface area contributed by atoms with Gasteiger partial charge in [-0.1, -0.05) is 48.5 Å². The predicted molar refractivity (Wildman–Crippen MR) is 127 cm³/mol. The van der Waals surface area contributed by atoms with E-state index in [0.717, 1.165) is 54.9 Å². The normalized spacial score (nSPS) is 11.8. The molecule has 0 radical (unpaired) electrons. The van der Waals surface area contributed by atoms with Crippen molar-refractivity contribution in [3.05, 3.63) is 97.1 Å². The molecule has 0 saturated carbocycles. The second-order valence-electron chi connectivity index (χ2n) is 7.91. The fourth-order valence-electron chi connectivity index (χ4n) is 4.31. The summed E-state index contributed by atoms with van der Waals surface area (Å²) in [4.78, 5) is 9.34. The van der Waals surface area contributed by atoms with E-state index in [-0.39, 0.29) is 0 Å². The van der Waals surface area contributed by atoms with Crippen LogP contribution in [0.3, 0.4) is 0 Å². The molecule has 0 unspecified atom stereocenters. The van der Waals surface area contributed by atoms with Crippen LogP contribution in [0.25, 0.3) is 66.7 Å². The van der Waals surface area contributed by atoms with E-state index >= 15 is 0 Å². The van der Waals surface area contributed by atoms with Gasteiger partial charge in [0, 0.05) is 11.1 Å². The summed E-state index contributed by atoms with van der Waals surface area (Å²) >= 11 is 0. The van der Waals surface area contributed by atoms with E-state index < -0.39 is 0 Å². The van der Waals surface area contributed by atoms with Crippen molar-refractivity contribution in [2.75, 3.05) is 0 Å². The molecule has 0 aliphatic heterocycles. The molecule has 4 heteroatoms. The number of hydrogen-bond donors (Lipinski definition) is 0. The van der Waals surface area contributed by atoms with Gasteiger partial charge in [0.15, 0.2) is 11.2 Å². The Morgan fingerprint density at radius 1 is 0.469 bits per heavy atom. The fourth-order valence-corrected chi connectivity index (χ4v) is 4.31. The monoisotopic (exact) mass is 412 g/mol. The summed E-state index contributed by atoms with van der Waals surface area (Å²) in [7, 11) is 0. The zero-order valence-electron chi connectivity index (χ0n) is 16.9. The van der Waals surface area contributed by atoms with Crippen molar-refractivity contribution in [2.24, 2.45) is 0 Å². The third kappa shape index (κ3) is 2.63. The van der Waals surface area contributed by atoms with Crippen molar-refractivity contribution in [3.63, 3.8) is 0 Å². The van der Waals surface area contributed by atoms with Gasteiger partial charge in [-0.15, -0.1) is 0 Å². The van der Waals surface area contributed by atoms with Gasteiger partial charge in [0.05, 0.1) is 0 Å². The van der Waals surface area contributed by atoms with Gasteiger partial charge in [-0.05, 0) is 70.1 Å². The van der Waals surface area contributed by atoms with Crippen LogP contribution < -0.4 is 0 Å². The molecular formula is C28H16N2O2. The molecule has 0 aliphatic rings. The van der Waals surface area contributed by atoms with E-state index in [1.54, 1.807) is 0 Å². The Hall–Kier alpha value is -4.44. The van der Waals surface area contributed by atoms with Crippen molar-refractivity contribution in [1.82, 2.24) is 9.97 Å². The molecule has 0 atom stereocenters. The fraction of sp³-hybridized carbons (Fsp3) is 0. The largest absolute Gasteiger partial charge is 0.436 e. The smallest absolute Gasteiger partial charge is 0.227 e. The van der Waals surface area contributed by atoms with E-state index in [4.69, 9.17) is 8.83 Å². The lowest BCUT2D eigenvalue weighted by molar-refractivity contribution is 0.619. The van der Waals surface area contributed by atoms with Crippen molar-refractivity contribution in [1.29, 1.82) is 0 Å². The highest BCUT2D eigenvalue weighted by molar-refractivity contribution is 6.09. The van der Waals surface area contributed by atoms with Crippen LogP contribution >= 0.6 is 0 Å². The standard InChI is InChI=1S/C28H16N2O2/c1-3-7-25-23(5-1)29-27(31-25)19-13-11-17-9-10-18-12-14-20(16-22(18)21(17)15-19)28-30-24-6-2-4-8-26(24)32-28/h1-16H. The van der Waals surface area contributed by atoms with Crippen LogP contribution in [0, 0.1) is 0 Å². The molecule has 0 saturated heterocycles. The minimum Gasteiger partial charge on any atom is -0.436 e. The average molecular weight is 412 g/mol. The Balaban J connectivity index is 1.43. The number of nitrogens with zero attached hydrogens (tertiary/aromatic N) is 2. The summed E-state index contributed by atoms with van der Waals surface area (Å²) in [5.41, 5.74) is 5.21. The minimum atomic E-state index is 0.625. The molecule has 150 valence electrons. The number of oxazole rings is 2. The molecular weight excluding hydrogens is 396 g/mol. The average Bonchev–Trinajstić information content (AvgIpc) is 3.48. The minimum absolute atomic E-state index is 0.625. The summed E-state index contributed by atoms with van der Waals surface area (Å²) in [6.07, 6.45) is 0. The lowest BCUT2D eigenvalue weighted by atomic mass is 9.98. The van der Waals surface area contributed by atoms with E-state index in [2.05, 4.69) is 58.5 Å². The van der Waals surface area contributed by atoms with Gasteiger partial charge in [0.2, 0.25) is 11.8 Å². The molecule has 2 aromatic heterocycles. The summed E-state index contributed by atoms with van der Waals surface area (Å²) in [5.74, 6) is 1.25. The first-order valence-electron chi connectivity index (χ1n) is 10.5. The third-order valence-electron chi connectivity index (χ3n) is 5.92. The highest BCUT2D eigenvalue weighted by Crippen LogP contribution is 2.34. The topological polar surface area (TPSA) is 52.1 Å². The molecule has 0 aliphatic carbocycles. The number of hydrogen-bond acceptors (Lipinski definition) is 4. The quantitative estimate of drug-likeness (QED) is 0.274. The van der Waals surface area contributed by atoms with Crippen LogP contribution in [0.5, 0.6) is 0 Å². The number of fused-ring (bicyclic) bond motifs is 5. The van der Waals surface area contributed by atoms with Gasteiger partial charge in [0.25, 0.3) is 0 Å². The van der Waals surface area contributed by atoms with E-state index in [1.807, 2.05) is 48.5 Å². The van der Waals surface area contributed by atoms with Gasteiger partial charge in [-0.3, -0.25) is 0 Å². The Morgan fingerprint density at radius 3 is 1.38 bits per heavy atom. The Labute approximate surface area is 182 Å². The highest BCUT2D eigenvalue weighted by Gasteiger charge is 2.12. The second-order valence-corrected chi connectivity index (χ2v) is 7.91. The van der Waals surface area contributed by atoms with Crippen molar-refractivity contribution < 1.29 is 8.83 Å².